The molecule has 4 heteroatoms. The highest BCUT2D eigenvalue weighted by molar-refractivity contribution is 5.64. The molecule has 0 bridgehead atoms. The van der Waals surface area contributed by atoms with E-state index in [0.29, 0.717) is 12.1 Å². The van der Waals surface area contributed by atoms with Crippen molar-refractivity contribution in [2.24, 2.45) is 5.73 Å². The van der Waals surface area contributed by atoms with Crippen LogP contribution in [0.2, 0.25) is 0 Å². The van der Waals surface area contributed by atoms with E-state index in [9.17, 15) is 4.79 Å². The van der Waals surface area contributed by atoms with Crippen LogP contribution in [0.4, 0.5) is 0 Å². The monoisotopic (exact) mass is 271 g/mol. The first kappa shape index (κ1) is 14.5. The van der Waals surface area contributed by atoms with E-state index in [4.69, 9.17) is 5.73 Å². The minimum Gasteiger partial charge on any atom is -0.324 e. The molecule has 1 aromatic heterocycles. The van der Waals surface area contributed by atoms with Gasteiger partial charge in [-0.1, -0.05) is 23.8 Å². The van der Waals surface area contributed by atoms with Gasteiger partial charge in [-0.05, 0) is 39.3 Å². The van der Waals surface area contributed by atoms with Crippen LogP contribution < -0.4 is 11.3 Å². The quantitative estimate of drug-likeness (QED) is 0.933. The first-order chi connectivity index (χ1) is 9.43. The number of rotatable bonds is 3. The summed E-state index contributed by atoms with van der Waals surface area (Å²) in [7, 11) is 0. The minimum atomic E-state index is -0.298. The molecule has 0 fully saturated rings. The molecule has 0 amide bonds. The van der Waals surface area contributed by atoms with E-state index in [1.165, 1.54) is 10.2 Å². The molecule has 0 saturated heterocycles. The van der Waals surface area contributed by atoms with Crippen LogP contribution in [-0.4, -0.2) is 9.78 Å². The van der Waals surface area contributed by atoms with E-state index in [1.807, 2.05) is 26.0 Å². The van der Waals surface area contributed by atoms with Gasteiger partial charge in [0.15, 0.2) is 0 Å². The van der Waals surface area contributed by atoms with Crippen LogP contribution in [-0.2, 0) is 6.54 Å². The van der Waals surface area contributed by atoms with Crippen LogP contribution in [0.25, 0.3) is 11.3 Å². The molecule has 1 atom stereocenters. The SMILES string of the molecule is CCn1nc(-c2ccc(C)cc2C)cc(C(C)N)c1=O. The fourth-order valence-electron chi connectivity index (χ4n) is 2.34. The maximum atomic E-state index is 12.2. The number of hydrogen-bond acceptors (Lipinski definition) is 3. The van der Waals surface area contributed by atoms with Gasteiger partial charge in [-0.15, -0.1) is 0 Å². The van der Waals surface area contributed by atoms with E-state index >= 15 is 0 Å². The van der Waals surface area contributed by atoms with Crippen molar-refractivity contribution in [2.75, 3.05) is 0 Å². The molecule has 4 nitrogen and oxygen atoms in total. The minimum absolute atomic E-state index is 0.101. The van der Waals surface area contributed by atoms with Gasteiger partial charge in [0.25, 0.3) is 5.56 Å². The average molecular weight is 271 g/mol. The Balaban J connectivity index is 2.68. The molecule has 1 unspecified atom stereocenters. The van der Waals surface area contributed by atoms with Gasteiger partial charge in [-0.2, -0.15) is 5.10 Å². The molecule has 0 saturated carbocycles. The topological polar surface area (TPSA) is 60.9 Å². The second kappa shape index (κ2) is 5.59. The largest absolute Gasteiger partial charge is 0.324 e. The van der Waals surface area contributed by atoms with Gasteiger partial charge in [-0.3, -0.25) is 4.79 Å². The Morgan fingerprint density at radius 2 is 2.00 bits per heavy atom. The van der Waals surface area contributed by atoms with Crippen molar-refractivity contribution in [1.82, 2.24) is 9.78 Å². The van der Waals surface area contributed by atoms with Crippen LogP contribution >= 0.6 is 0 Å². The van der Waals surface area contributed by atoms with E-state index in [1.54, 1.807) is 0 Å². The summed E-state index contributed by atoms with van der Waals surface area (Å²) < 4.78 is 1.48. The Labute approximate surface area is 119 Å². The molecule has 2 rings (SSSR count). The molecular formula is C16H21N3O. The zero-order chi connectivity index (χ0) is 14.9. The van der Waals surface area contributed by atoms with Gasteiger partial charge in [-0.25, -0.2) is 4.68 Å². The van der Waals surface area contributed by atoms with Crippen molar-refractivity contribution in [3.05, 3.63) is 51.3 Å². The number of benzene rings is 1. The smallest absolute Gasteiger partial charge is 0.271 e. The summed E-state index contributed by atoms with van der Waals surface area (Å²) in [5.74, 6) is 0. The highest BCUT2D eigenvalue weighted by atomic mass is 16.1. The van der Waals surface area contributed by atoms with E-state index in [0.717, 1.165) is 16.8 Å². The van der Waals surface area contributed by atoms with Crippen molar-refractivity contribution < 1.29 is 0 Å². The third-order valence-corrected chi connectivity index (χ3v) is 3.45. The number of aromatic nitrogens is 2. The van der Waals surface area contributed by atoms with E-state index in [-0.39, 0.29) is 11.6 Å². The van der Waals surface area contributed by atoms with E-state index < -0.39 is 0 Å². The van der Waals surface area contributed by atoms with Crippen LogP contribution in [0.3, 0.4) is 0 Å². The Morgan fingerprint density at radius 3 is 2.55 bits per heavy atom. The molecule has 2 aromatic rings. The van der Waals surface area contributed by atoms with E-state index in [2.05, 4.69) is 31.1 Å². The van der Waals surface area contributed by atoms with Gasteiger partial charge >= 0.3 is 0 Å². The maximum Gasteiger partial charge on any atom is 0.271 e. The molecule has 106 valence electrons. The molecule has 1 aromatic carbocycles. The van der Waals surface area contributed by atoms with Crippen LogP contribution in [0.15, 0.2) is 29.1 Å². The molecule has 20 heavy (non-hydrogen) atoms. The van der Waals surface area contributed by atoms with Gasteiger partial charge in [0, 0.05) is 23.7 Å². The number of aryl methyl sites for hydroxylation is 3. The predicted molar refractivity (Wildman–Crippen MR) is 81.7 cm³/mol. The summed E-state index contributed by atoms with van der Waals surface area (Å²) in [6.07, 6.45) is 0. The first-order valence-corrected chi connectivity index (χ1v) is 6.89. The number of hydrogen-bond donors (Lipinski definition) is 1. The molecule has 1 heterocycles. The van der Waals surface area contributed by atoms with Gasteiger partial charge in [0.1, 0.15) is 0 Å². The summed E-state index contributed by atoms with van der Waals surface area (Å²) in [5, 5.41) is 4.44. The molecule has 0 radical (unpaired) electrons. The Morgan fingerprint density at radius 1 is 1.30 bits per heavy atom. The summed E-state index contributed by atoms with van der Waals surface area (Å²) in [6.45, 7) is 8.38. The molecule has 0 aliphatic carbocycles. The van der Waals surface area contributed by atoms with Crippen molar-refractivity contribution in [3.8, 4) is 11.3 Å². The van der Waals surface area contributed by atoms with Gasteiger partial charge in [0.2, 0.25) is 0 Å². The van der Waals surface area contributed by atoms with Crippen molar-refractivity contribution in [3.63, 3.8) is 0 Å². The van der Waals surface area contributed by atoms with Crippen LogP contribution in [0.1, 0.15) is 36.6 Å². The summed E-state index contributed by atoms with van der Waals surface area (Å²) in [5.41, 5.74) is 10.6. The van der Waals surface area contributed by atoms with Gasteiger partial charge in [0.05, 0.1) is 5.69 Å². The maximum absolute atomic E-state index is 12.2. The third kappa shape index (κ3) is 2.65. The average Bonchev–Trinajstić information content (AvgIpc) is 2.39. The molecular weight excluding hydrogens is 250 g/mol. The zero-order valence-electron chi connectivity index (χ0n) is 12.5. The molecule has 2 N–H and O–H groups in total. The summed E-state index contributed by atoms with van der Waals surface area (Å²) in [6, 6.07) is 7.73. The number of nitrogens with two attached hydrogens (primary N) is 1. The fraction of sp³-hybridized carbons (Fsp3) is 0.375. The Hall–Kier alpha value is -1.94. The zero-order valence-corrected chi connectivity index (χ0v) is 12.5. The van der Waals surface area contributed by atoms with Gasteiger partial charge < -0.3 is 5.73 Å². The third-order valence-electron chi connectivity index (χ3n) is 3.45. The molecule has 0 aliphatic heterocycles. The molecule has 0 aliphatic rings. The second-order valence-corrected chi connectivity index (χ2v) is 5.21. The number of nitrogens with zero attached hydrogens (tertiary/aromatic N) is 2. The Kier molecular flexibility index (Phi) is 4.04. The standard InChI is InChI=1S/C16H21N3O/c1-5-19-16(20)14(12(4)17)9-15(18-19)13-7-6-10(2)8-11(13)3/h6-9,12H,5,17H2,1-4H3. The second-order valence-electron chi connectivity index (χ2n) is 5.21. The van der Waals surface area contributed by atoms with Crippen molar-refractivity contribution in [1.29, 1.82) is 0 Å². The predicted octanol–water partition coefficient (Wildman–Crippen LogP) is 2.57. The lowest BCUT2D eigenvalue weighted by atomic mass is 10.0. The normalized spacial score (nSPS) is 12.4. The lowest BCUT2D eigenvalue weighted by molar-refractivity contribution is 0.601. The van der Waals surface area contributed by atoms with Crippen molar-refractivity contribution in [2.45, 2.75) is 40.3 Å². The van der Waals surface area contributed by atoms with Crippen LogP contribution in [0, 0.1) is 13.8 Å². The highest BCUT2D eigenvalue weighted by Gasteiger charge is 2.13. The molecule has 0 spiro atoms. The van der Waals surface area contributed by atoms with Crippen molar-refractivity contribution >= 4 is 0 Å². The lowest BCUT2D eigenvalue weighted by Crippen LogP contribution is -2.29. The summed E-state index contributed by atoms with van der Waals surface area (Å²) >= 11 is 0. The Bertz CT molecular complexity index is 687. The lowest BCUT2D eigenvalue weighted by Gasteiger charge is -2.13. The first-order valence-electron chi connectivity index (χ1n) is 6.89. The van der Waals surface area contributed by atoms with Crippen LogP contribution in [0.5, 0.6) is 0 Å². The summed E-state index contributed by atoms with van der Waals surface area (Å²) in [4.78, 5) is 12.2. The fourth-order valence-corrected chi connectivity index (χ4v) is 2.34. The highest BCUT2D eigenvalue weighted by Crippen LogP contribution is 2.23.